The predicted molar refractivity (Wildman–Crippen MR) is 72.5 cm³/mol. The summed E-state index contributed by atoms with van der Waals surface area (Å²) in [6.07, 6.45) is -4.42. The average molecular weight is 305 g/mol. The Labute approximate surface area is 120 Å². The van der Waals surface area contributed by atoms with Crippen molar-refractivity contribution in [2.24, 2.45) is 5.73 Å². The van der Waals surface area contributed by atoms with E-state index in [1.54, 1.807) is 24.3 Å². The zero-order chi connectivity index (χ0) is 15.9. The van der Waals surface area contributed by atoms with Gasteiger partial charge < -0.3 is 16.2 Å². The van der Waals surface area contributed by atoms with Gasteiger partial charge in [0, 0.05) is 18.8 Å². The SMILES string of the molecule is NCc1cccc(NC(=O)CN(CCO)CC(F)(F)F)c1. The maximum absolute atomic E-state index is 12.3. The number of carbonyl (C=O) groups is 1. The van der Waals surface area contributed by atoms with E-state index in [0.29, 0.717) is 12.2 Å². The van der Waals surface area contributed by atoms with Gasteiger partial charge in [-0.2, -0.15) is 13.2 Å². The van der Waals surface area contributed by atoms with Crippen molar-refractivity contribution < 1.29 is 23.1 Å². The molecule has 8 heteroatoms. The highest BCUT2D eigenvalue weighted by molar-refractivity contribution is 5.92. The van der Waals surface area contributed by atoms with Crippen molar-refractivity contribution in [3.8, 4) is 0 Å². The minimum atomic E-state index is -4.42. The van der Waals surface area contributed by atoms with Crippen molar-refractivity contribution in [1.82, 2.24) is 4.90 Å². The molecule has 0 aliphatic heterocycles. The largest absolute Gasteiger partial charge is 0.401 e. The molecule has 21 heavy (non-hydrogen) atoms. The van der Waals surface area contributed by atoms with E-state index in [1.807, 2.05) is 0 Å². The standard InChI is InChI=1S/C13H18F3N3O2/c14-13(15,16)9-19(4-5-20)8-12(21)18-11-3-1-2-10(6-11)7-17/h1-3,6,20H,4-5,7-9,17H2,(H,18,21). The van der Waals surface area contributed by atoms with Crippen LogP contribution < -0.4 is 11.1 Å². The van der Waals surface area contributed by atoms with Crippen LogP contribution in [-0.4, -0.2) is 48.3 Å². The molecular formula is C13H18F3N3O2. The second-order valence-electron chi connectivity index (χ2n) is 4.50. The molecule has 1 amide bonds. The third-order valence-corrected chi connectivity index (χ3v) is 2.63. The second kappa shape index (κ2) is 7.96. The summed E-state index contributed by atoms with van der Waals surface area (Å²) in [7, 11) is 0. The van der Waals surface area contributed by atoms with E-state index in [-0.39, 0.29) is 6.54 Å². The molecular weight excluding hydrogens is 287 g/mol. The Morgan fingerprint density at radius 2 is 2.10 bits per heavy atom. The topological polar surface area (TPSA) is 78.6 Å². The van der Waals surface area contributed by atoms with E-state index in [2.05, 4.69) is 5.32 Å². The molecule has 0 saturated heterocycles. The number of alkyl halides is 3. The molecule has 0 unspecified atom stereocenters. The van der Waals surface area contributed by atoms with Crippen LogP contribution >= 0.6 is 0 Å². The summed E-state index contributed by atoms with van der Waals surface area (Å²) in [6, 6.07) is 6.74. The smallest absolute Gasteiger partial charge is 0.395 e. The zero-order valence-electron chi connectivity index (χ0n) is 11.4. The fourth-order valence-corrected chi connectivity index (χ4v) is 1.79. The van der Waals surface area contributed by atoms with Gasteiger partial charge in [0.15, 0.2) is 0 Å². The number of nitrogens with one attached hydrogen (secondary N) is 1. The number of amides is 1. The molecule has 4 N–H and O–H groups in total. The molecule has 0 atom stereocenters. The van der Waals surface area contributed by atoms with Crippen LogP contribution in [0.5, 0.6) is 0 Å². The van der Waals surface area contributed by atoms with Gasteiger partial charge in [0.2, 0.25) is 5.91 Å². The van der Waals surface area contributed by atoms with E-state index < -0.39 is 31.8 Å². The van der Waals surface area contributed by atoms with Crippen LogP contribution in [-0.2, 0) is 11.3 Å². The van der Waals surface area contributed by atoms with Crippen molar-refractivity contribution in [2.45, 2.75) is 12.7 Å². The van der Waals surface area contributed by atoms with E-state index in [4.69, 9.17) is 10.8 Å². The normalized spacial score (nSPS) is 11.7. The molecule has 0 aromatic heterocycles. The number of aliphatic hydroxyl groups is 1. The Hall–Kier alpha value is -1.64. The molecule has 118 valence electrons. The number of rotatable bonds is 7. The molecule has 1 aromatic rings. The van der Waals surface area contributed by atoms with E-state index in [9.17, 15) is 18.0 Å². The molecule has 0 spiro atoms. The number of nitrogens with zero attached hydrogens (tertiary/aromatic N) is 1. The highest BCUT2D eigenvalue weighted by Gasteiger charge is 2.31. The first-order chi connectivity index (χ1) is 9.84. The van der Waals surface area contributed by atoms with Crippen LogP contribution in [0, 0.1) is 0 Å². The quantitative estimate of drug-likeness (QED) is 0.700. The van der Waals surface area contributed by atoms with Crippen LogP contribution in [0.25, 0.3) is 0 Å². The van der Waals surface area contributed by atoms with E-state index >= 15 is 0 Å². The number of hydrogen-bond acceptors (Lipinski definition) is 4. The van der Waals surface area contributed by atoms with Gasteiger partial charge in [-0.15, -0.1) is 0 Å². The number of hydrogen-bond donors (Lipinski definition) is 3. The lowest BCUT2D eigenvalue weighted by molar-refractivity contribution is -0.148. The average Bonchev–Trinajstić information content (AvgIpc) is 2.37. The lowest BCUT2D eigenvalue weighted by atomic mass is 10.2. The van der Waals surface area contributed by atoms with Crippen LogP contribution in [0.1, 0.15) is 5.56 Å². The molecule has 0 radical (unpaired) electrons. The van der Waals surface area contributed by atoms with Crippen LogP contribution in [0.3, 0.4) is 0 Å². The number of anilines is 1. The third kappa shape index (κ3) is 7.07. The maximum Gasteiger partial charge on any atom is 0.401 e. The van der Waals surface area contributed by atoms with Crippen molar-refractivity contribution in [3.05, 3.63) is 29.8 Å². The monoisotopic (exact) mass is 305 g/mol. The summed E-state index contributed by atoms with van der Waals surface area (Å²) in [5.74, 6) is -0.582. The minimum absolute atomic E-state index is 0.226. The number of benzene rings is 1. The summed E-state index contributed by atoms with van der Waals surface area (Å²) < 4.78 is 37.0. The van der Waals surface area contributed by atoms with Gasteiger partial charge in [-0.25, -0.2) is 0 Å². The fraction of sp³-hybridized carbons (Fsp3) is 0.462. The number of nitrogens with two attached hydrogens (primary N) is 1. The highest BCUT2D eigenvalue weighted by Crippen LogP contribution is 2.16. The van der Waals surface area contributed by atoms with Gasteiger partial charge in [0.25, 0.3) is 0 Å². The first kappa shape index (κ1) is 17.4. The summed E-state index contributed by atoms with van der Waals surface area (Å²) in [6.45, 7) is -2.08. The Bertz CT molecular complexity index is 466. The van der Waals surface area contributed by atoms with Gasteiger partial charge in [-0.05, 0) is 17.7 Å². The van der Waals surface area contributed by atoms with E-state index in [1.165, 1.54) is 0 Å². The number of aliphatic hydroxyl groups excluding tert-OH is 1. The van der Waals surface area contributed by atoms with Crippen molar-refractivity contribution in [2.75, 3.05) is 31.6 Å². The lowest BCUT2D eigenvalue weighted by Gasteiger charge is -2.22. The van der Waals surface area contributed by atoms with Gasteiger partial charge in [-0.1, -0.05) is 12.1 Å². The number of halogens is 3. The summed E-state index contributed by atoms with van der Waals surface area (Å²) in [4.78, 5) is 12.6. The van der Waals surface area contributed by atoms with E-state index in [0.717, 1.165) is 10.5 Å². The molecule has 0 heterocycles. The number of carbonyl (C=O) groups excluding carboxylic acids is 1. The van der Waals surface area contributed by atoms with Crippen LogP contribution in [0.4, 0.5) is 18.9 Å². The predicted octanol–water partition coefficient (Wildman–Crippen LogP) is 0.940. The Balaban J connectivity index is 2.60. The Kier molecular flexibility index (Phi) is 6.60. The van der Waals surface area contributed by atoms with Crippen molar-refractivity contribution in [1.29, 1.82) is 0 Å². The summed E-state index contributed by atoms with van der Waals surface area (Å²) >= 11 is 0. The molecule has 0 aliphatic carbocycles. The molecule has 0 fully saturated rings. The molecule has 0 bridgehead atoms. The van der Waals surface area contributed by atoms with Crippen molar-refractivity contribution in [3.63, 3.8) is 0 Å². The molecule has 5 nitrogen and oxygen atoms in total. The first-order valence-corrected chi connectivity index (χ1v) is 6.33. The Morgan fingerprint density at radius 3 is 2.67 bits per heavy atom. The lowest BCUT2D eigenvalue weighted by Crippen LogP contribution is -2.41. The van der Waals surface area contributed by atoms with Gasteiger partial charge in [0.05, 0.1) is 19.7 Å². The fourth-order valence-electron chi connectivity index (χ4n) is 1.79. The van der Waals surface area contributed by atoms with Gasteiger partial charge >= 0.3 is 6.18 Å². The molecule has 0 saturated carbocycles. The molecule has 1 rings (SSSR count). The van der Waals surface area contributed by atoms with Crippen LogP contribution in [0.15, 0.2) is 24.3 Å². The third-order valence-electron chi connectivity index (χ3n) is 2.63. The second-order valence-corrected chi connectivity index (χ2v) is 4.50. The van der Waals surface area contributed by atoms with Gasteiger partial charge in [-0.3, -0.25) is 9.69 Å². The molecule has 0 aliphatic rings. The van der Waals surface area contributed by atoms with Crippen molar-refractivity contribution >= 4 is 11.6 Å². The zero-order valence-corrected chi connectivity index (χ0v) is 11.4. The highest BCUT2D eigenvalue weighted by atomic mass is 19.4. The maximum atomic E-state index is 12.3. The van der Waals surface area contributed by atoms with Crippen LogP contribution in [0.2, 0.25) is 0 Å². The first-order valence-electron chi connectivity index (χ1n) is 6.33. The Morgan fingerprint density at radius 1 is 1.38 bits per heavy atom. The minimum Gasteiger partial charge on any atom is -0.395 e. The van der Waals surface area contributed by atoms with Gasteiger partial charge in [0.1, 0.15) is 0 Å². The summed E-state index contributed by atoms with van der Waals surface area (Å²) in [5, 5.41) is 11.3. The summed E-state index contributed by atoms with van der Waals surface area (Å²) in [5.41, 5.74) is 6.74. The molecule has 1 aromatic carbocycles.